The molecule has 0 saturated carbocycles. The van der Waals surface area contributed by atoms with E-state index < -0.39 is 5.41 Å². The van der Waals surface area contributed by atoms with Crippen LogP contribution in [0.5, 0.6) is 5.75 Å². The number of fused-ring (bicyclic) bond motifs is 1. The van der Waals surface area contributed by atoms with E-state index in [-0.39, 0.29) is 11.2 Å². The molecule has 2 heterocycles. The van der Waals surface area contributed by atoms with Crippen molar-refractivity contribution in [3.05, 3.63) is 94.2 Å². The maximum atomic E-state index is 11.8. The molecule has 0 radical (unpaired) electrons. The van der Waals surface area contributed by atoms with Gasteiger partial charge in [0.1, 0.15) is 22.5 Å². The lowest BCUT2D eigenvalue weighted by Gasteiger charge is -2.32. The zero-order valence-corrected chi connectivity index (χ0v) is 23.8. The number of thiophene rings is 1. The first kappa shape index (κ1) is 26.2. The summed E-state index contributed by atoms with van der Waals surface area (Å²) < 4.78 is 0. The van der Waals surface area contributed by atoms with Crippen molar-refractivity contribution in [1.82, 2.24) is 15.0 Å². The van der Waals surface area contributed by atoms with Crippen molar-refractivity contribution in [2.45, 2.75) is 71.1 Å². The van der Waals surface area contributed by atoms with Crippen LogP contribution in [-0.4, -0.2) is 20.1 Å². The van der Waals surface area contributed by atoms with Gasteiger partial charge in [0, 0.05) is 11.0 Å². The van der Waals surface area contributed by atoms with Crippen LogP contribution in [-0.2, 0) is 10.8 Å². The molecule has 0 saturated heterocycles. The molecular formula is C33H37N3OS. The minimum atomic E-state index is -0.408. The van der Waals surface area contributed by atoms with Crippen molar-refractivity contribution in [2.24, 2.45) is 0 Å². The third-order valence-electron chi connectivity index (χ3n) is 7.90. The lowest BCUT2D eigenvalue weighted by Crippen LogP contribution is -2.23. The number of hydrogen-bond acceptors (Lipinski definition) is 4. The average Bonchev–Trinajstić information content (AvgIpc) is 3.59. The Hall–Kier alpha value is -3.44. The van der Waals surface area contributed by atoms with E-state index in [9.17, 15) is 5.11 Å². The number of nitrogens with zero attached hydrogens (tertiary/aromatic N) is 3. The lowest BCUT2D eigenvalue weighted by molar-refractivity contribution is 0.433. The fourth-order valence-corrected chi connectivity index (χ4v) is 5.91. The molecule has 0 fully saturated rings. The van der Waals surface area contributed by atoms with Crippen LogP contribution in [0.15, 0.2) is 77.5 Å². The Balaban J connectivity index is 1.66. The van der Waals surface area contributed by atoms with Gasteiger partial charge in [0.15, 0.2) is 0 Å². The highest BCUT2D eigenvalue weighted by atomic mass is 32.1. The van der Waals surface area contributed by atoms with Crippen LogP contribution in [0.2, 0.25) is 0 Å². The SMILES string of the molecule is CCCCCC(C)(C)c1cc(-n2nc3ccc(-c4ccsc4)cc3n2)c(O)c(C(C)(C)c2ccccc2)c1. The second kappa shape index (κ2) is 10.4. The molecule has 0 aliphatic rings. The van der Waals surface area contributed by atoms with Crippen molar-refractivity contribution >= 4 is 22.4 Å². The number of phenolic OH excluding ortho intramolecular Hbond substituents is 1. The van der Waals surface area contributed by atoms with Gasteiger partial charge in [-0.3, -0.25) is 0 Å². The van der Waals surface area contributed by atoms with Crippen molar-refractivity contribution in [3.63, 3.8) is 0 Å². The second-order valence-electron chi connectivity index (χ2n) is 11.4. The summed E-state index contributed by atoms with van der Waals surface area (Å²) in [5.74, 6) is 0.227. The van der Waals surface area contributed by atoms with Crippen LogP contribution in [0.4, 0.5) is 0 Å². The molecule has 5 rings (SSSR count). The van der Waals surface area contributed by atoms with E-state index in [2.05, 4.69) is 100.0 Å². The zero-order chi connectivity index (χ0) is 26.9. The minimum Gasteiger partial charge on any atom is -0.505 e. The first-order valence-corrected chi connectivity index (χ1v) is 14.5. The van der Waals surface area contributed by atoms with Crippen molar-refractivity contribution in [3.8, 4) is 22.6 Å². The molecule has 1 N–H and O–H groups in total. The lowest BCUT2D eigenvalue weighted by atomic mass is 9.73. The second-order valence-corrected chi connectivity index (χ2v) is 12.2. The first-order chi connectivity index (χ1) is 18.2. The molecule has 0 bridgehead atoms. The monoisotopic (exact) mass is 523 g/mol. The molecule has 5 heteroatoms. The Morgan fingerprint density at radius 1 is 0.816 bits per heavy atom. The highest BCUT2D eigenvalue weighted by Crippen LogP contribution is 2.43. The van der Waals surface area contributed by atoms with E-state index in [4.69, 9.17) is 10.2 Å². The summed E-state index contributed by atoms with van der Waals surface area (Å²) in [5, 5.41) is 25.7. The van der Waals surface area contributed by atoms with Gasteiger partial charge in [-0.15, -0.1) is 15.0 Å². The molecule has 0 spiro atoms. The molecule has 0 amide bonds. The van der Waals surface area contributed by atoms with Crippen LogP contribution in [0.3, 0.4) is 0 Å². The van der Waals surface area contributed by atoms with E-state index in [0.717, 1.165) is 34.1 Å². The Labute approximate surface area is 230 Å². The van der Waals surface area contributed by atoms with Gasteiger partial charge < -0.3 is 5.11 Å². The summed E-state index contributed by atoms with van der Waals surface area (Å²) in [4.78, 5) is 1.62. The molecule has 2 aromatic heterocycles. The highest BCUT2D eigenvalue weighted by Gasteiger charge is 2.32. The first-order valence-electron chi connectivity index (χ1n) is 13.5. The van der Waals surface area contributed by atoms with E-state index in [1.807, 2.05) is 12.1 Å². The van der Waals surface area contributed by atoms with Gasteiger partial charge in [-0.25, -0.2) is 0 Å². The summed E-state index contributed by atoms with van der Waals surface area (Å²) in [5.41, 5.74) is 7.31. The predicted molar refractivity (Wildman–Crippen MR) is 160 cm³/mol. The van der Waals surface area contributed by atoms with Crippen LogP contribution < -0.4 is 0 Å². The minimum absolute atomic E-state index is 0.0577. The highest BCUT2D eigenvalue weighted by molar-refractivity contribution is 7.08. The third kappa shape index (κ3) is 5.00. The maximum Gasteiger partial charge on any atom is 0.147 e. The Kier molecular flexibility index (Phi) is 7.15. The molecule has 4 nitrogen and oxygen atoms in total. The fourth-order valence-electron chi connectivity index (χ4n) is 5.24. The van der Waals surface area contributed by atoms with Crippen molar-refractivity contribution < 1.29 is 5.11 Å². The van der Waals surface area contributed by atoms with Gasteiger partial charge in [-0.1, -0.05) is 96.3 Å². The molecular weight excluding hydrogens is 486 g/mol. The number of hydrogen-bond donors (Lipinski definition) is 1. The van der Waals surface area contributed by atoms with Crippen molar-refractivity contribution in [2.75, 3.05) is 0 Å². The normalized spacial score (nSPS) is 12.3. The van der Waals surface area contributed by atoms with Crippen LogP contribution >= 0.6 is 11.3 Å². The van der Waals surface area contributed by atoms with Gasteiger partial charge in [-0.05, 0) is 69.1 Å². The summed E-state index contributed by atoms with van der Waals surface area (Å²) in [6.45, 7) is 11.2. The molecule has 0 unspecified atom stereocenters. The quantitative estimate of drug-likeness (QED) is 0.196. The van der Waals surface area contributed by atoms with E-state index >= 15 is 0 Å². The van der Waals surface area contributed by atoms with Crippen LogP contribution in [0.25, 0.3) is 27.8 Å². The van der Waals surface area contributed by atoms with Crippen LogP contribution in [0, 0.1) is 0 Å². The van der Waals surface area contributed by atoms with Gasteiger partial charge in [0.2, 0.25) is 0 Å². The van der Waals surface area contributed by atoms with Crippen LogP contribution in [0.1, 0.15) is 77.0 Å². The predicted octanol–water partition coefficient (Wildman–Crippen LogP) is 9.04. The molecule has 0 aliphatic carbocycles. The summed E-state index contributed by atoms with van der Waals surface area (Å²) in [6, 6.07) is 23.0. The largest absolute Gasteiger partial charge is 0.505 e. The molecule has 0 atom stereocenters. The van der Waals surface area contributed by atoms with Gasteiger partial charge >= 0.3 is 0 Å². The number of benzene rings is 3. The molecule has 196 valence electrons. The summed E-state index contributed by atoms with van der Waals surface area (Å²) in [6.07, 6.45) is 4.66. The number of aromatic hydroxyl groups is 1. The number of phenols is 1. The molecule has 0 aliphatic heterocycles. The van der Waals surface area contributed by atoms with E-state index in [1.54, 1.807) is 16.1 Å². The topological polar surface area (TPSA) is 50.9 Å². The number of aromatic nitrogens is 3. The third-order valence-corrected chi connectivity index (χ3v) is 8.58. The van der Waals surface area contributed by atoms with E-state index in [1.165, 1.54) is 30.4 Å². The standard InChI is InChI=1S/C33H37N3OS/c1-6-7-11-17-32(2,3)26-20-27(33(4,5)25-12-9-8-10-13-25)31(37)30(21-26)36-34-28-15-14-23(19-29(28)35-36)24-16-18-38-22-24/h8-10,12-16,18-22,37H,6-7,11,17H2,1-5H3. The smallest absolute Gasteiger partial charge is 0.147 e. The molecule has 38 heavy (non-hydrogen) atoms. The summed E-state index contributed by atoms with van der Waals surface area (Å²) in [7, 11) is 0. The Bertz CT molecular complexity index is 1530. The van der Waals surface area contributed by atoms with Gasteiger partial charge in [0.05, 0.1) is 0 Å². The molecule has 5 aromatic rings. The molecule has 3 aromatic carbocycles. The van der Waals surface area contributed by atoms with Gasteiger partial charge in [0.25, 0.3) is 0 Å². The fraction of sp³-hybridized carbons (Fsp3) is 0.333. The average molecular weight is 524 g/mol. The maximum absolute atomic E-state index is 11.8. The van der Waals surface area contributed by atoms with Gasteiger partial charge in [-0.2, -0.15) is 11.3 Å². The van der Waals surface area contributed by atoms with Crippen molar-refractivity contribution in [1.29, 1.82) is 0 Å². The Morgan fingerprint density at radius 3 is 2.29 bits per heavy atom. The summed E-state index contributed by atoms with van der Waals surface area (Å²) >= 11 is 1.68. The number of rotatable bonds is 9. The zero-order valence-electron chi connectivity index (χ0n) is 23.0. The number of unbranched alkanes of at least 4 members (excludes halogenated alkanes) is 2. The van der Waals surface area contributed by atoms with E-state index in [0.29, 0.717) is 5.69 Å². The Morgan fingerprint density at radius 2 is 1.58 bits per heavy atom.